The standard InChI is InChI=1S/C9H9NS.ClH/c1-6-3-4-8-9(7(6)2)11-5-10-8;/h3-5H,1-2H3;1H. The van der Waals surface area contributed by atoms with Gasteiger partial charge in [0.2, 0.25) is 0 Å². The van der Waals surface area contributed by atoms with E-state index in [0.717, 1.165) is 5.52 Å². The summed E-state index contributed by atoms with van der Waals surface area (Å²) >= 11 is 1.72. The van der Waals surface area contributed by atoms with Crippen LogP contribution in [0.3, 0.4) is 0 Å². The molecule has 0 amide bonds. The molecule has 0 N–H and O–H groups in total. The Bertz CT molecular complexity index is 394. The van der Waals surface area contributed by atoms with E-state index in [4.69, 9.17) is 0 Å². The zero-order valence-corrected chi connectivity index (χ0v) is 8.63. The summed E-state index contributed by atoms with van der Waals surface area (Å²) in [7, 11) is 0. The van der Waals surface area contributed by atoms with E-state index >= 15 is 0 Å². The number of rotatable bonds is 0. The number of aryl methyl sites for hydroxylation is 2. The van der Waals surface area contributed by atoms with E-state index < -0.39 is 0 Å². The molecule has 0 atom stereocenters. The van der Waals surface area contributed by atoms with Crippen molar-refractivity contribution >= 4 is 34.0 Å². The summed E-state index contributed by atoms with van der Waals surface area (Å²) in [6.07, 6.45) is 0. The molecule has 1 nitrogen and oxygen atoms in total. The molecule has 1 heterocycles. The Morgan fingerprint density at radius 2 is 2.00 bits per heavy atom. The predicted molar refractivity (Wildman–Crippen MR) is 56.3 cm³/mol. The Kier molecular flexibility index (Phi) is 2.70. The third-order valence-corrected chi connectivity index (χ3v) is 2.98. The number of hydrogen-bond donors (Lipinski definition) is 0. The smallest absolute Gasteiger partial charge is 0.0814 e. The molecule has 0 radical (unpaired) electrons. The van der Waals surface area contributed by atoms with E-state index in [1.54, 1.807) is 11.3 Å². The first kappa shape index (κ1) is 9.49. The van der Waals surface area contributed by atoms with Gasteiger partial charge in [0.25, 0.3) is 0 Å². The highest BCUT2D eigenvalue weighted by Gasteiger charge is 2.00. The Balaban J connectivity index is 0.000000720. The van der Waals surface area contributed by atoms with Crippen LogP contribution in [0.25, 0.3) is 10.2 Å². The number of benzene rings is 1. The van der Waals surface area contributed by atoms with E-state index in [0.29, 0.717) is 0 Å². The van der Waals surface area contributed by atoms with Gasteiger partial charge in [0.1, 0.15) is 0 Å². The Morgan fingerprint density at radius 1 is 1.25 bits per heavy atom. The van der Waals surface area contributed by atoms with Gasteiger partial charge in [-0.2, -0.15) is 0 Å². The zero-order chi connectivity index (χ0) is 7.84. The second-order valence-corrected chi connectivity index (χ2v) is 3.56. The van der Waals surface area contributed by atoms with Crippen molar-refractivity contribution in [3.8, 4) is 0 Å². The van der Waals surface area contributed by atoms with Crippen LogP contribution in [0.15, 0.2) is 17.6 Å². The molecule has 3 heteroatoms. The molecule has 1 aromatic carbocycles. The molecule has 0 saturated heterocycles. The average Bonchev–Trinajstić information content (AvgIpc) is 2.45. The minimum atomic E-state index is 0. The van der Waals surface area contributed by atoms with Crippen LogP contribution in [0.2, 0.25) is 0 Å². The SMILES string of the molecule is Cc1ccc2ncsc2c1C.Cl. The van der Waals surface area contributed by atoms with Crippen molar-refractivity contribution in [1.29, 1.82) is 0 Å². The lowest BCUT2D eigenvalue weighted by Crippen LogP contribution is -1.79. The molecule has 0 unspecified atom stereocenters. The minimum Gasteiger partial charge on any atom is -0.245 e. The normalized spacial score (nSPS) is 9.83. The van der Waals surface area contributed by atoms with Crippen molar-refractivity contribution in [3.63, 3.8) is 0 Å². The highest BCUT2D eigenvalue weighted by atomic mass is 35.5. The lowest BCUT2D eigenvalue weighted by molar-refractivity contribution is 1.38. The molecule has 1 aromatic heterocycles. The fourth-order valence-corrected chi connectivity index (χ4v) is 2.01. The van der Waals surface area contributed by atoms with Crippen molar-refractivity contribution < 1.29 is 0 Å². The molecule has 2 rings (SSSR count). The summed E-state index contributed by atoms with van der Waals surface area (Å²) in [5.41, 5.74) is 5.74. The summed E-state index contributed by atoms with van der Waals surface area (Å²) in [4.78, 5) is 4.24. The van der Waals surface area contributed by atoms with Gasteiger partial charge in [0.15, 0.2) is 0 Å². The van der Waals surface area contributed by atoms with E-state index in [1.165, 1.54) is 15.8 Å². The van der Waals surface area contributed by atoms with Crippen LogP contribution >= 0.6 is 23.7 Å². The number of hydrogen-bond acceptors (Lipinski definition) is 2. The summed E-state index contributed by atoms with van der Waals surface area (Å²) in [5, 5.41) is 0. The van der Waals surface area contributed by atoms with E-state index in [2.05, 4.69) is 31.0 Å². The molecular weight excluding hydrogens is 190 g/mol. The second-order valence-electron chi connectivity index (χ2n) is 2.71. The predicted octanol–water partition coefficient (Wildman–Crippen LogP) is 3.33. The summed E-state index contributed by atoms with van der Waals surface area (Å²) in [5.74, 6) is 0. The van der Waals surface area contributed by atoms with Gasteiger partial charge >= 0.3 is 0 Å². The maximum absolute atomic E-state index is 4.24. The minimum absolute atomic E-state index is 0. The van der Waals surface area contributed by atoms with Gasteiger partial charge in [-0.05, 0) is 31.0 Å². The molecule has 0 saturated carbocycles. The third kappa shape index (κ3) is 1.32. The lowest BCUT2D eigenvalue weighted by Gasteiger charge is -1.98. The molecule has 0 bridgehead atoms. The third-order valence-electron chi connectivity index (χ3n) is 2.02. The average molecular weight is 200 g/mol. The van der Waals surface area contributed by atoms with Crippen LogP contribution in [-0.2, 0) is 0 Å². The molecule has 0 aliphatic heterocycles. The Hall–Kier alpha value is -0.600. The van der Waals surface area contributed by atoms with Crippen molar-refractivity contribution in [3.05, 3.63) is 28.8 Å². The van der Waals surface area contributed by atoms with Gasteiger partial charge in [-0.15, -0.1) is 23.7 Å². The molecule has 0 aliphatic carbocycles. The number of nitrogens with zero attached hydrogens (tertiary/aromatic N) is 1. The van der Waals surface area contributed by atoms with Gasteiger partial charge in [-0.3, -0.25) is 0 Å². The van der Waals surface area contributed by atoms with Crippen LogP contribution in [0.1, 0.15) is 11.1 Å². The molecule has 64 valence electrons. The monoisotopic (exact) mass is 199 g/mol. The van der Waals surface area contributed by atoms with E-state index in [-0.39, 0.29) is 12.4 Å². The first-order valence-electron chi connectivity index (χ1n) is 3.58. The van der Waals surface area contributed by atoms with Gasteiger partial charge in [0, 0.05) is 0 Å². The van der Waals surface area contributed by atoms with Gasteiger partial charge in [-0.1, -0.05) is 6.07 Å². The fourth-order valence-electron chi connectivity index (χ4n) is 1.16. The van der Waals surface area contributed by atoms with Gasteiger partial charge in [0.05, 0.1) is 15.7 Å². The van der Waals surface area contributed by atoms with Crippen molar-refractivity contribution in [2.75, 3.05) is 0 Å². The molecule has 0 fully saturated rings. The summed E-state index contributed by atoms with van der Waals surface area (Å²) in [6, 6.07) is 4.20. The van der Waals surface area contributed by atoms with Crippen LogP contribution < -0.4 is 0 Å². The maximum atomic E-state index is 4.24. The molecular formula is C9H10ClNS. The number of halogens is 1. The van der Waals surface area contributed by atoms with Crippen molar-refractivity contribution in [2.24, 2.45) is 0 Å². The van der Waals surface area contributed by atoms with Gasteiger partial charge in [-0.25, -0.2) is 4.98 Å². The quantitative estimate of drug-likeness (QED) is 0.634. The molecule has 12 heavy (non-hydrogen) atoms. The second kappa shape index (κ2) is 3.42. The van der Waals surface area contributed by atoms with Crippen LogP contribution in [-0.4, -0.2) is 4.98 Å². The lowest BCUT2D eigenvalue weighted by atomic mass is 10.1. The number of fused-ring (bicyclic) bond motifs is 1. The van der Waals surface area contributed by atoms with E-state index in [1.807, 2.05) is 5.51 Å². The maximum Gasteiger partial charge on any atom is 0.0814 e. The summed E-state index contributed by atoms with van der Waals surface area (Å²) in [6.45, 7) is 4.28. The molecule has 0 aliphatic rings. The van der Waals surface area contributed by atoms with E-state index in [9.17, 15) is 0 Å². The van der Waals surface area contributed by atoms with Crippen molar-refractivity contribution in [1.82, 2.24) is 4.98 Å². The number of thiazole rings is 1. The molecule has 0 spiro atoms. The summed E-state index contributed by atoms with van der Waals surface area (Å²) < 4.78 is 1.32. The Labute approximate surface area is 81.9 Å². The largest absolute Gasteiger partial charge is 0.245 e. The van der Waals surface area contributed by atoms with Crippen molar-refractivity contribution in [2.45, 2.75) is 13.8 Å². The highest BCUT2D eigenvalue weighted by molar-refractivity contribution is 7.16. The Morgan fingerprint density at radius 3 is 2.75 bits per heavy atom. The highest BCUT2D eigenvalue weighted by Crippen LogP contribution is 2.23. The molecule has 2 aromatic rings. The first-order valence-corrected chi connectivity index (χ1v) is 4.46. The van der Waals surface area contributed by atoms with Crippen LogP contribution in [0.5, 0.6) is 0 Å². The van der Waals surface area contributed by atoms with Gasteiger partial charge < -0.3 is 0 Å². The fraction of sp³-hybridized carbons (Fsp3) is 0.222. The van der Waals surface area contributed by atoms with Crippen LogP contribution in [0, 0.1) is 13.8 Å². The number of aromatic nitrogens is 1. The van der Waals surface area contributed by atoms with Crippen LogP contribution in [0.4, 0.5) is 0 Å². The first-order chi connectivity index (χ1) is 5.29. The zero-order valence-electron chi connectivity index (χ0n) is 7.00. The topological polar surface area (TPSA) is 12.9 Å².